The number of benzene rings is 2. The number of amidine groups is 1. The molecular formula is C28H37N5O4S. The summed E-state index contributed by atoms with van der Waals surface area (Å²) in [4.78, 5) is 9.51. The molecule has 3 aromatic rings. The lowest BCUT2D eigenvalue weighted by Gasteiger charge is -2.28. The summed E-state index contributed by atoms with van der Waals surface area (Å²) >= 11 is 1.68. The lowest BCUT2D eigenvalue weighted by Crippen LogP contribution is -2.40. The van der Waals surface area contributed by atoms with E-state index < -0.39 is 0 Å². The molecule has 9 nitrogen and oxygen atoms in total. The molecule has 0 unspecified atom stereocenters. The third-order valence-electron chi connectivity index (χ3n) is 6.40. The first-order valence-corrected chi connectivity index (χ1v) is 13.9. The van der Waals surface area contributed by atoms with Crippen molar-refractivity contribution < 1.29 is 19.4 Å². The summed E-state index contributed by atoms with van der Waals surface area (Å²) < 4.78 is 17.1. The van der Waals surface area contributed by atoms with E-state index in [-0.39, 0.29) is 5.84 Å². The Morgan fingerprint density at radius 1 is 1.03 bits per heavy atom. The number of hydroxylamine groups is 1. The Balaban J connectivity index is 1.11. The van der Waals surface area contributed by atoms with E-state index in [4.69, 9.17) is 29.8 Å². The average Bonchev–Trinajstić information content (AvgIpc) is 3.47. The van der Waals surface area contributed by atoms with Crippen molar-refractivity contribution in [1.82, 2.24) is 15.4 Å². The Morgan fingerprint density at radius 2 is 1.66 bits per heavy atom. The van der Waals surface area contributed by atoms with Crippen LogP contribution in [-0.2, 0) is 4.74 Å². The summed E-state index contributed by atoms with van der Waals surface area (Å²) in [6, 6.07) is 15.2. The molecule has 1 aliphatic rings. The Hall–Kier alpha value is -3.18. The minimum Gasteiger partial charge on any atom is -0.494 e. The summed E-state index contributed by atoms with van der Waals surface area (Å²) in [6.45, 7) is 6.95. The molecule has 3 N–H and O–H groups in total. The molecule has 0 spiro atoms. The molecule has 4 rings (SSSR count). The van der Waals surface area contributed by atoms with Gasteiger partial charge in [0.05, 0.1) is 32.1 Å². The van der Waals surface area contributed by atoms with Gasteiger partial charge in [-0.05, 0) is 67.8 Å². The topological polar surface area (TPSA) is 103 Å². The van der Waals surface area contributed by atoms with E-state index in [1.165, 1.54) is 0 Å². The zero-order valence-electron chi connectivity index (χ0n) is 21.9. The minimum absolute atomic E-state index is 0.0398. The summed E-state index contributed by atoms with van der Waals surface area (Å²) in [6.07, 6.45) is 2.90. The van der Waals surface area contributed by atoms with E-state index >= 15 is 0 Å². The fourth-order valence-corrected chi connectivity index (χ4v) is 4.88. The van der Waals surface area contributed by atoms with Crippen LogP contribution in [0.2, 0.25) is 0 Å². The van der Waals surface area contributed by atoms with Crippen molar-refractivity contribution in [2.24, 2.45) is 0 Å². The van der Waals surface area contributed by atoms with Crippen molar-refractivity contribution in [1.29, 1.82) is 5.41 Å². The number of anilines is 1. The number of nitrogens with one attached hydrogen (secondary N) is 2. The van der Waals surface area contributed by atoms with Crippen LogP contribution >= 0.6 is 11.3 Å². The number of thiazole rings is 1. The quantitative estimate of drug-likeness (QED) is 0.119. The van der Waals surface area contributed by atoms with Gasteiger partial charge in [0.2, 0.25) is 0 Å². The monoisotopic (exact) mass is 539 g/mol. The molecule has 1 aliphatic heterocycles. The third-order valence-corrected chi connectivity index (χ3v) is 7.36. The van der Waals surface area contributed by atoms with Crippen molar-refractivity contribution in [2.75, 3.05) is 64.6 Å². The van der Waals surface area contributed by atoms with E-state index in [1.54, 1.807) is 35.6 Å². The van der Waals surface area contributed by atoms with Crippen LogP contribution in [0.1, 0.15) is 24.8 Å². The maximum Gasteiger partial charge on any atom is 0.185 e. The zero-order chi connectivity index (χ0) is 26.6. The van der Waals surface area contributed by atoms with Gasteiger partial charge in [-0.15, -0.1) is 11.3 Å². The molecule has 0 amide bonds. The molecule has 204 valence electrons. The number of nitrogens with zero attached hydrogens (tertiary/aromatic N) is 3. The number of hydrogen-bond acceptors (Lipinski definition) is 9. The minimum atomic E-state index is -0.0398. The van der Waals surface area contributed by atoms with Gasteiger partial charge in [0, 0.05) is 49.7 Å². The highest BCUT2D eigenvalue weighted by atomic mass is 32.1. The zero-order valence-corrected chi connectivity index (χ0v) is 22.7. The van der Waals surface area contributed by atoms with Crippen molar-refractivity contribution in [2.45, 2.75) is 19.3 Å². The number of hydrogen-bond donors (Lipinski definition) is 3. The molecule has 1 saturated heterocycles. The van der Waals surface area contributed by atoms with Gasteiger partial charge in [-0.2, -0.15) is 0 Å². The normalized spacial score (nSPS) is 13.7. The lowest BCUT2D eigenvalue weighted by atomic mass is 10.2. The molecule has 2 aromatic carbocycles. The third kappa shape index (κ3) is 8.42. The second-order valence-electron chi connectivity index (χ2n) is 9.18. The first-order chi connectivity index (χ1) is 18.6. The van der Waals surface area contributed by atoms with Crippen molar-refractivity contribution in [3.63, 3.8) is 0 Å². The van der Waals surface area contributed by atoms with E-state index in [2.05, 4.69) is 34.4 Å². The molecule has 0 saturated carbocycles. The number of morpholine rings is 1. The molecule has 2 heterocycles. The standard InChI is InChI=1S/C28H37N5O4S/c1-32(13-14-33-15-19-35-20-16-33)28-30-26(21-38-28)22-5-9-24(10-6-22)36-17-3-2-4-18-37-25-11-7-23(8-12-25)27(29)31-34/h5-12,21,34H,2-4,13-20H2,1H3,(H2,29,31). The maximum atomic E-state index is 8.78. The highest BCUT2D eigenvalue weighted by molar-refractivity contribution is 7.14. The van der Waals surface area contributed by atoms with Gasteiger partial charge in [0.15, 0.2) is 5.13 Å². The second-order valence-corrected chi connectivity index (χ2v) is 10.0. The number of likely N-dealkylation sites (N-methyl/N-ethyl adjacent to an activating group) is 1. The SMILES string of the molecule is CN(CCN1CCOCC1)c1nc(-c2ccc(OCCCCCOc3ccc(C(=N)NO)cc3)cc2)cs1. The van der Waals surface area contributed by atoms with Crippen LogP contribution in [-0.4, -0.2) is 80.6 Å². The summed E-state index contributed by atoms with van der Waals surface area (Å²) in [7, 11) is 2.11. The van der Waals surface area contributed by atoms with Crippen LogP contribution in [0.25, 0.3) is 11.3 Å². The van der Waals surface area contributed by atoms with Crippen LogP contribution in [0.4, 0.5) is 5.13 Å². The van der Waals surface area contributed by atoms with Crippen molar-refractivity contribution in [3.05, 3.63) is 59.5 Å². The predicted octanol–water partition coefficient (Wildman–Crippen LogP) is 4.51. The second kappa shape index (κ2) is 14.7. The molecule has 0 aliphatic carbocycles. The van der Waals surface area contributed by atoms with E-state index in [0.717, 1.165) is 86.5 Å². The molecule has 38 heavy (non-hydrogen) atoms. The van der Waals surface area contributed by atoms with Crippen LogP contribution in [0.3, 0.4) is 0 Å². The highest BCUT2D eigenvalue weighted by Crippen LogP contribution is 2.28. The Bertz CT molecular complexity index is 1120. The van der Waals surface area contributed by atoms with Gasteiger partial charge in [-0.3, -0.25) is 21.0 Å². The van der Waals surface area contributed by atoms with Gasteiger partial charge in [0.1, 0.15) is 17.3 Å². The lowest BCUT2D eigenvalue weighted by molar-refractivity contribution is 0.0393. The van der Waals surface area contributed by atoms with Gasteiger partial charge in [0.25, 0.3) is 0 Å². The van der Waals surface area contributed by atoms with E-state index in [9.17, 15) is 0 Å². The van der Waals surface area contributed by atoms with Crippen molar-refractivity contribution >= 4 is 22.3 Å². The molecule has 0 atom stereocenters. The van der Waals surface area contributed by atoms with E-state index in [0.29, 0.717) is 18.8 Å². The van der Waals surface area contributed by atoms with Gasteiger partial charge < -0.3 is 19.1 Å². The largest absolute Gasteiger partial charge is 0.494 e. The molecule has 0 radical (unpaired) electrons. The Labute approximate surface area is 228 Å². The van der Waals surface area contributed by atoms with Crippen LogP contribution in [0, 0.1) is 5.41 Å². The fourth-order valence-electron chi connectivity index (χ4n) is 4.05. The average molecular weight is 540 g/mol. The summed E-state index contributed by atoms with van der Waals surface area (Å²) in [5.41, 5.74) is 4.52. The molecule has 1 fully saturated rings. The van der Waals surface area contributed by atoms with Crippen LogP contribution < -0.4 is 19.9 Å². The van der Waals surface area contributed by atoms with Gasteiger partial charge in [-0.1, -0.05) is 0 Å². The number of unbranched alkanes of at least 4 members (excludes halogenated alkanes) is 2. The first kappa shape index (κ1) is 27.8. The van der Waals surface area contributed by atoms with Gasteiger partial charge >= 0.3 is 0 Å². The van der Waals surface area contributed by atoms with E-state index in [1.807, 2.05) is 17.6 Å². The summed E-state index contributed by atoms with van der Waals surface area (Å²) in [5.74, 6) is 1.58. The summed E-state index contributed by atoms with van der Waals surface area (Å²) in [5, 5.41) is 19.5. The number of ether oxygens (including phenoxy) is 3. The van der Waals surface area contributed by atoms with Gasteiger partial charge in [-0.25, -0.2) is 4.98 Å². The molecule has 0 bridgehead atoms. The smallest absolute Gasteiger partial charge is 0.185 e. The van der Waals surface area contributed by atoms with Crippen molar-refractivity contribution in [3.8, 4) is 22.8 Å². The number of rotatable bonds is 14. The molecular weight excluding hydrogens is 502 g/mol. The Morgan fingerprint density at radius 3 is 2.29 bits per heavy atom. The Kier molecular flexibility index (Phi) is 10.8. The maximum absolute atomic E-state index is 8.78. The van der Waals surface area contributed by atoms with Crippen LogP contribution in [0.5, 0.6) is 11.5 Å². The number of aromatic nitrogens is 1. The predicted molar refractivity (Wildman–Crippen MR) is 151 cm³/mol. The molecule has 1 aromatic heterocycles. The molecule has 10 heteroatoms. The first-order valence-electron chi connectivity index (χ1n) is 13.0. The highest BCUT2D eigenvalue weighted by Gasteiger charge is 2.13. The van der Waals surface area contributed by atoms with Crippen LogP contribution in [0.15, 0.2) is 53.9 Å². The fraction of sp³-hybridized carbons (Fsp3) is 0.429.